The van der Waals surface area contributed by atoms with Gasteiger partial charge in [0.15, 0.2) is 0 Å². The summed E-state index contributed by atoms with van der Waals surface area (Å²) in [5.41, 5.74) is 2.44. The van der Waals surface area contributed by atoms with Crippen LogP contribution >= 0.6 is 11.8 Å². The maximum absolute atomic E-state index is 13.2. The van der Waals surface area contributed by atoms with Crippen LogP contribution in [0.25, 0.3) is 0 Å². The number of benzene rings is 2. The van der Waals surface area contributed by atoms with Gasteiger partial charge in [0.1, 0.15) is 5.75 Å². The molecule has 2 aromatic rings. The van der Waals surface area contributed by atoms with Crippen molar-refractivity contribution in [2.24, 2.45) is 0 Å². The van der Waals surface area contributed by atoms with Gasteiger partial charge in [0.2, 0.25) is 5.92 Å². The van der Waals surface area contributed by atoms with E-state index < -0.39 is 12.0 Å². The SMILES string of the molecule is Cc1ccc(SCc2ccccc2)c(O[C@@H](C)CCCCOC(=O)NC2CCC(F)(F)CC2)c1. The van der Waals surface area contributed by atoms with Gasteiger partial charge in [0.05, 0.1) is 12.7 Å². The molecule has 0 spiro atoms. The number of hydrogen-bond acceptors (Lipinski definition) is 4. The van der Waals surface area contributed by atoms with Crippen LogP contribution in [0.5, 0.6) is 5.75 Å². The molecule has 1 aliphatic rings. The number of aryl methyl sites for hydroxylation is 1. The van der Waals surface area contributed by atoms with Crippen LogP contribution in [0.2, 0.25) is 0 Å². The minimum absolute atomic E-state index is 0.0376. The maximum Gasteiger partial charge on any atom is 0.407 e. The van der Waals surface area contributed by atoms with Crippen LogP contribution in [0.4, 0.5) is 13.6 Å². The first-order valence-electron chi connectivity index (χ1n) is 12.1. The van der Waals surface area contributed by atoms with Gasteiger partial charge < -0.3 is 14.8 Å². The van der Waals surface area contributed by atoms with Crippen molar-refractivity contribution >= 4 is 17.9 Å². The van der Waals surface area contributed by atoms with Gasteiger partial charge in [-0.25, -0.2) is 13.6 Å². The Bertz CT molecular complexity index is 900. The molecule has 0 bridgehead atoms. The molecule has 186 valence electrons. The topological polar surface area (TPSA) is 47.6 Å². The number of amides is 1. The second-order valence-corrected chi connectivity index (χ2v) is 10.1. The summed E-state index contributed by atoms with van der Waals surface area (Å²) >= 11 is 1.77. The quantitative estimate of drug-likeness (QED) is 0.261. The molecule has 0 aliphatic heterocycles. The molecule has 0 aromatic heterocycles. The standard InChI is InChI=1S/C27H35F2NO3S/c1-20-11-12-25(34-19-22-9-4-3-5-10-22)24(18-20)33-21(2)8-6-7-17-32-26(31)30-23-13-15-27(28,29)16-14-23/h3-5,9-12,18,21,23H,6-8,13-17,19H2,1-2H3,(H,30,31)/t21-/m0/s1. The van der Waals surface area contributed by atoms with E-state index in [1.54, 1.807) is 11.8 Å². The van der Waals surface area contributed by atoms with E-state index in [-0.39, 0.29) is 25.0 Å². The maximum atomic E-state index is 13.2. The first-order chi connectivity index (χ1) is 16.3. The van der Waals surface area contributed by atoms with Gasteiger partial charge in [-0.1, -0.05) is 36.4 Å². The average molecular weight is 492 g/mol. The lowest BCUT2D eigenvalue weighted by molar-refractivity contribution is -0.0403. The summed E-state index contributed by atoms with van der Waals surface area (Å²) in [4.78, 5) is 13.0. The first-order valence-corrected chi connectivity index (χ1v) is 13.0. The smallest absolute Gasteiger partial charge is 0.407 e. The monoisotopic (exact) mass is 491 g/mol. The third-order valence-corrected chi connectivity index (χ3v) is 7.07. The highest BCUT2D eigenvalue weighted by molar-refractivity contribution is 7.98. The summed E-state index contributed by atoms with van der Waals surface area (Å²) in [6.07, 6.45) is 2.19. The predicted octanol–water partition coefficient (Wildman–Crippen LogP) is 7.53. The number of unbranched alkanes of at least 4 members (excludes halogenated alkanes) is 1. The zero-order valence-corrected chi connectivity index (χ0v) is 20.8. The predicted molar refractivity (Wildman–Crippen MR) is 133 cm³/mol. The molecule has 1 fully saturated rings. The van der Waals surface area contributed by atoms with E-state index in [4.69, 9.17) is 9.47 Å². The molecular weight excluding hydrogens is 456 g/mol. The van der Waals surface area contributed by atoms with Crippen LogP contribution < -0.4 is 10.1 Å². The number of carbonyl (C=O) groups excluding carboxylic acids is 1. The molecule has 0 heterocycles. The third-order valence-electron chi connectivity index (χ3n) is 5.94. The van der Waals surface area contributed by atoms with Gasteiger partial charge in [0.25, 0.3) is 0 Å². The molecule has 34 heavy (non-hydrogen) atoms. The number of carbonyl (C=O) groups is 1. The average Bonchev–Trinajstić information content (AvgIpc) is 2.80. The molecule has 1 amide bonds. The van der Waals surface area contributed by atoms with Crippen molar-refractivity contribution in [1.29, 1.82) is 0 Å². The number of ether oxygens (including phenoxy) is 2. The molecular formula is C27H35F2NO3S. The second-order valence-electron chi connectivity index (χ2n) is 9.06. The van der Waals surface area contributed by atoms with Gasteiger partial charge in [-0.3, -0.25) is 0 Å². The van der Waals surface area contributed by atoms with E-state index in [1.807, 2.05) is 6.07 Å². The zero-order valence-electron chi connectivity index (χ0n) is 20.0. The summed E-state index contributed by atoms with van der Waals surface area (Å²) in [6, 6.07) is 16.5. The molecule has 1 N–H and O–H groups in total. The van der Waals surface area contributed by atoms with Crippen LogP contribution in [0, 0.1) is 6.92 Å². The fourth-order valence-electron chi connectivity index (χ4n) is 3.93. The number of alkyl halides is 2. The molecule has 3 rings (SSSR count). The number of halogens is 2. The Balaban J connectivity index is 1.34. The zero-order chi connectivity index (χ0) is 24.4. The molecule has 4 nitrogen and oxygen atoms in total. The number of rotatable bonds is 11. The van der Waals surface area contributed by atoms with E-state index in [2.05, 4.69) is 61.6 Å². The summed E-state index contributed by atoms with van der Waals surface area (Å²) in [7, 11) is 0. The molecule has 0 radical (unpaired) electrons. The highest BCUT2D eigenvalue weighted by Crippen LogP contribution is 2.34. The Morgan fingerprint density at radius 3 is 2.62 bits per heavy atom. The van der Waals surface area contributed by atoms with E-state index in [0.717, 1.165) is 41.2 Å². The highest BCUT2D eigenvalue weighted by Gasteiger charge is 2.35. The molecule has 1 atom stereocenters. The lowest BCUT2D eigenvalue weighted by Crippen LogP contribution is -2.40. The summed E-state index contributed by atoms with van der Waals surface area (Å²) in [5.74, 6) is -0.806. The van der Waals surface area contributed by atoms with Crippen LogP contribution in [0.3, 0.4) is 0 Å². The van der Waals surface area contributed by atoms with E-state index >= 15 is 0 Å². The molecule has 1 aliphatic carbocycles. The Morgan fingerprint density at radius 2 is 1.88 bits per heavy atom. The molecule has 7 heteroatoms. The Hall–Kier alpha value is -2.28. The van der Waals surface area contributed by atoms with Crippen molar-refractivity contribution in [3.63, 3.8) is 0 Å². The molecule has 1 saturated carbocycles. The lowest BCUT2D eigenvalue weighted by Gasteiger charge is -2.28. The summed E-state index contributed by atoms with van der Waals surface area (Å²) < 4.78 is 37.9. The van der Waals surface area contributed by atoms with Crippen LogP contribution in [-0.4, -0.2) is 30.8 Å². The van der Waals surface area contributed by atoms with Crippen molar-refractivity contribution in [3.8, 4) is 5.75 Å². The number of hydrogen-bond donors (Lipinski definition) is 1. The summed E-state index contributed by atoms with van der Waals surface area (Å²) in [5, 5.41) is 2.70. The van der Waals surface area contributed by atoms with Crippen molar-refractivity contribution in [2.75, 3.05) is 6.61 Å². The van der Waals surface area contributed by atoms with Crippen LogP contribution in [-0.2, 0) is 10.5 Å². The number of alkyl carbamates (subject to hydrolysis) is 1. The van der Waals surface area contributed by atoms with Gasteiger partial charge in [0, 0.05) is 29.5 Å². The minimum atomic E-state index is -2.60. The molecule has 2 aromatic carbocycles. The van der Waals surface area contributed by atoms with Gasteiger partial charge in [-0.15, -0.1) is 11.8 Å². The second kappa shape index (κ2) is 13.0. The van der Waals surface area contributed by atoms with E-state index in [9.17, 15) is 13.6 Å². The third kappa shape index (κ3) is 9.16. The Morgan fingerprint density at radius 1 is 1.15 bits per heavy atom. The number of nitrogens with one attached hydrogen (secondary N) is 1. The number of thioether (sulfide) groups is 1. The van der Waals surface area contributed by atoms with Gasteiger partial charge in [-0.05, 0) is 69.2 Å². The van der Waals surface area contributed by atoms with E-state index in [0.29, 0.717) is 19.4 Å². The fourth-order valence-corrected chi connectivity index (χ4v) is 4.86. The van der Waals surface area contributed by atoms with Crippen molar-refractivity contribution in [3.05, 3.63) is 59.7 Å². The van der Waals surface area contributed by atoms with Gasteiger partial charge in [-0.2, -0.15) is 0 Å². The van der Waals surface area contributed by atoms with Crippen molar-refractivity contribution in [1.82, 2.24) is 5.32 Å². The Kier molecular flexibility index (Phi) is 10.1. The summed E-state index contributed by atoms with van der Waals surface area (Å²) in [6.45, 7) is 4.43. The molecule has 0 saturated heterocycles. The van der Waals surface area contributed by atoms with Gasteiger partial charge >= 0.3 is 6.09 Å². The minimum Gasteiger partial charge on any atom is -0.490 e. The first kappa shape index (κ1) is 26.3. The lowest BCUT2D eigenvalue weighted by atomic mass is 9.92. The Labute approximate surface area is 205 Å². The molecule has 0 unspecified atom stereocenters. The van der Waals surface area contributed by atoms with Crippen LogP contribution in [0.15, 0.2) is 53.4 Å². The normalized spacial score (nSPS) is 16.6. The van der Waals surface area contributed by atoms with Crippen LogP contribution in [0.1, 0.15) is 63.0 Å². The van der Waals surface area contributed by atoms with Crippen molar-refractivity contribution in [2.45, 2.75) is 87.5 Å². The largest absolute Gasteiger partial charge is 0.490 e. The highest BCUT2D eigenvalue weighted by atomic mass is 32.2. The fraction of sp³-hybridized carbons (Fsp3) is 0.519. The van der Waals surface area contributed by atoms with Crippen molar-refractivity contribution < 1.29 is 23.0 Å². The van der Waals surface area contributed by atoms with E-state index in [1.165, 1.54) is 5.56 Å².